The molecule has 1 aliphatic rings. The van der Waals surface area contributed by atoms with Crippen molar-refractivity contribution >= 4 is 5.91 Å². The fraction of sp³-hybridized carbons (Fsp3) is 0.333. The van der Waals surface area contributed by atoms with Crippen LogP contribution in [0.1, 0.15) is 18.4 Å². The van der Waals surface area contributed by atoms with Gasteiger partial charge in [0.25, 0.3) is 0 Å². The molecule has 0 aliphatic carbocycles. The van der Waals surface area contributed by atoms with Crippen molar-refractivity contribution in [2.24, 2.45) is 5.92 Å². The Labute approximate surface area is 158 Å². The third-order valence-corrected chi connectivity index (χ3v) is 5.10. The predicted molar refractivity (Wildman–Crippen MR) is 103 cm³/mol. The van der Waals surface area contributed by atoms with Crippen LogP contribution < -0.4 is 0 Å². The zero-order chi connectivity index (χ0) is 18.5. The van der Waals surface area contributed by atoms with Crippen LogP contribution in [-0.4, -0.2) is 44.1 Å². The molecule has 1 aliphatic heterocycles. The molecule has 138 valence electrons. The van der Waals surface area contributed by atoms with Gasteiger partial charge in [-0.15, -0.1) is 10.2 Å². The summed E-state index contributed by atoms with van der Waals surface area (Å²) in [6.07, 6.45) is 3.18. The largest absolute Gasteiger partial charge is 0.341 e. The second kappa shape index (κ2) is 8.12. The van der Waals surface area contributed by atoms with Gasteiger partial charge in [-0.3, -0.25) is 4.79 Å². The molecule has 0 unspecified atom stereocenters. The van der Waals surface area contributed by atoms with Gasteiger partial charge in [-0.2, -0.15) is 4.80 Å². The highest BCUT2D eigenvalue weighted by Crippen LogP contribution is 2.22. The third-order valence-electron chi connectivity index (χ3n) is 5.10. The van der Waals surface area contributed by atoms with Crippen molar-refractivity contribution in [3.8, 4) is 11.4 Å². The normalized spacial score (nSPS) is 15.0. The minimum atomic E-state index is 0.0603. The minimum Gasteiger partial charge on any atom is -0.341 e. The van der Waals surface area contributed by atoms with Gasteiger partial charge in [0.2, 0.25) is 11.7 Å². The molecule has 6 nitrogen and oxygen atoms in total. The van der Waals surface area contributed by atoms with Crippen molar-refractivity contribution in [1.82, 2.24) is 25.1 Å². The summed E-state index contributed by atoms with van der Waals surface area (Å²) < 4.78 is 0. The van der Waals surface area contributed by atoms with E-state index in [2.05, 4.69) is 39.7 Å². The minimum absolute atomic E-state index is 0.0603. The first-order chi connectivity index (χ1) is 13.3. The summed E-state index contributed by atoms with van der Waals surface area (Å²) in [4.78, 5) is 15.9. The summed E-state index contributed by atoms with van der Waals surface area (Å²) in [5.74, 6) is 1.25. The Kier molecular flexibility index (Phi) is 5.23. The van der Waals surface area contributed by atoms with Crippen LogP contribution in [0.15, 0.2) is 60.7 Å². The number of tetrazole rings is 1. The number of nitrogens with zero attached hydrogens (tertiary/aromatic N) is 5. The van der Waals surface area contributed by atoms with E-state index in [9.17, 15) is 4.79 Å². The molecular formula is C21H23N5O. The Morgan fingerprint density at radius 2 is 1.63 bits per heavy atom. The van der Waals surface area contributed by atoms with Crippen LogP contribution in [0.4, 0.5) is 0 Å². The SMILES string of the molecule is O=C(Cn1nnc(-c2ccccc2)n1)N1CCC(Cc2ccccc2)CC1. The molecule has 0 radical (unpaired) electrons. The number of benzene rings is 2. The van der Waals surface area contributed by atoms with Crippen molar-refractivity contribution < 1.29 is 4.79 Å². The van der Waals surface area contributed by atoms with E-state index >= 15 is 0 Å². The molecule has 0 atom stereocenters. The third kappa shape index (κ3) is 4.39. The molecule has 1 aromatic heterocycles. The highest BCUT2D eigenvalue weighted by atomic mass is 16.2. The first kappa shape index (κ1) is 17.4. The van der Waals surface area contributed by atoms with Crippen LogP contribution in [0.3, 0.4) is 0 Å². The van der Waals surface area contributed by atoms with E-state index in [1.54, 1.807) is 0 Å². The molecule has 0 bridgehead atoms. The van der Waals surface area contributed by atoms with Gasteiger partial charge in [-0.05, 0) is 36.0 Å². The Balaban J connectivity index is 1.29. The number of likely N-dealkylation sites (tertiary alicyclic amines) is 1. The Morgan fingerprint density at radius 1 is 0.963 bits per heavy atom. The lowest BCUT2D eigenvalue weighted by Crippen LogP contribution is -2.40. The van der Waals surface area contributed by atoms with Crippen LogP contribution in [-0.2, 0) is 17.8 Å². The molecule has 4 rings (SSSR count). The number of carbonyl (C=O) groups excluding carboxylic acids is 1. The monoisotopic (exact) mass is 361 g/mol. The van der Waals surface area contributed by atoms with Crippen LogP contribution in [0.5, 0.6) is 0 Å². The van der Waals surface area contributed by atoms with Crippen molar-refractivity contribution in [1.29, 1.82) is 0 Å². The first-order valence-electron chi connectivity index (χ1n) is 9.43. The molecule has 0 saturated carbocycles. The van der Waals surface area contributed by atoms with Crippen LogP contribution in [0, 0.1) is 5.92 Å². The Bertz CT molecular complexity index is 870. The average molecular weight is 361 g/mol. The van der Waals surface area contributed by atoms with Crippen LogP contribution in [0.2, 0.25) is 0 Å². The smallest absolute Gasteiger partial charge is 0.246 e. The van der Waals surface area contributed by atoms with E-state index in [1.165, 1.54) is 10.4 Å². The zero-order valence-electron chi connectivity index (χ0n) is 15.2. The molecular weight excluding hydrogens is 338 g/mol. The van der Waals surface area contributed by atoms with Gasteiger partial charge >= 0.3 is 0 Å². The standard InChI is InChI=1S/C21H23N5O/c27-20(16-26-23-21(22-24-26)19-9-5-2-6-10-19)25-13-11-18(12-14-25)15-17-7-3-1-4-8-17/h1-10,18H,11-16H2. The maximum Gasteiger partial charge on any atom is 0.246 e. The lowest BCUT2D eigenvalue weighted by atomic mass is 9.90. The summed E-state index contributed by atoms with van der Waals surface area (Å²) in [5.41, 5.74) is 2.28. The van der Waals surface area contributed by atoms with Gasteiger partial charge in [0.1, 0.15) is 6.54 Å². The van der Waals surface area contributed by atoms with Gasteiger partial charge in [-0.25, -0.2) is 0 Å². The summed E-state index contributed by atoms with van der Waals surface area (Å²) in [5, 5.41) is 12.4. The van der Waals surface area contributed by atoms with Gasteiger partial charge in [-0.1, -0.05) is 60.7 Å². The van der Waals surface area contributed by atoms with E-state index < -0.39 is 0 Å². The summed E-state index contributed by atoms with van der Waals surface area (Å²) in [6.45, 7) is 1.75. The maximum absolute atomic E-state index is 12.6. The number of aromatic nitrogens is 4. The molecule has 1 saturated heterocycles. The lowest BCUT2D eigenvalue weighted by Gasteiger charge is -2.32. The zero-order valence-corrected chi connectivity index (χ0v) is 15.2. The van der Waals surface area contributed by atoms with E-state index in [-0.39, 0.29) is 12.5 Å². The van der Waals surface area contributed by atoms with Crippen molar-refractivity contribution in [3.63, 3.8) is 0 Å². The number of rotatable bonds is 5. The van der Waals surface area contributed by atoms with E-state index in [4.69, 9.17) is 0 Å². The quantitative estimate of drug-likeness (QED) is 0.701. The second-order valence-corrected chi connectivity index (χ2v) is 7.02. The molecule has 1 amide bonds. The predicted octanol–water partition coefficient (Wildman–Crippen LogP) is 2.82. The summed E-state index contributed by atoms with van der Waals surface area (Å²) in [7, 11) is 0. The van der Waals surface area contributed by atoms with Crippen LogP contribution in [0.25, 0.3) is 11.4 Å². The number of amides is 1. The highest BCUT2D eigenvalue weighted by molar-refractivity contribution is 5.75. The van der Waals surface area contributed by atoms with Crippen molar-refractivity contribution in [2.75, 3.05) is 13.1 Å². The molecule has 27 heavy (non-hydrogen) atoms. The van der Waals surface area contributed by atoms with Crippen molar-refractivity contribution in [2.45, 2.75) is 25.8 Å². The Morgan fingerprint density at radius 3 is 2.33 bits per heavy atom. The van der Waals surface area contributed by atoms with Gasteiger partial charge in [0.05, 0.1) is 0 Å². The molecule has 0 N–H and O–H groups in total. The van der Waals surface area contributed by atoms with Gasteiger partial charge < -0.3 is 4.90 Å². The topological polar surface area (TPSA) is 63.9 Å². The van der Waals surface area contributed by atoms with E-state index in [0.29, 0.717) is 11.7 Å². The highest BCUT2D eigenvalue weighted by Gasteiger charge is 2.23. The number of hydrogen-bond donors (Lipinski definition) is 0. The lowest BCUT2D eigenvalue weighted by molar-refractivity contribution is -0.133. The molecule has 2 aromatic carbocycles. The fourth-order valence-electron chi connectivity index (χ4n) is 3.57. The number of carbonyl (C=O) groups is 1. The first-order valence-corrected chi connectivity index (χ1v) is 9.43. The van der Waals surface area contributed by atoms with E-state index in [0.717, 1.165) is 37.9 Å². The number of piperidine rings is 1. The van der Waals surface area contributed by atoms with Crippen LogP contribution >= 0.6 is 0 Å². The van der Waals surface area contributed by atoms with Crippen molar-refractivity contribution in [3.05, 3.63) is 66.2 Å². The van der Waals surface area contributed by atoms with E-state index in [1.807, 2.05) is 41.3 Å². The summed E-state index contributed by atoms with van der Waals surface area (Å²) in [6, 6.07) is 20.2. The average Bonchev–Trinajstić information content (AvgIpc) is 3.18. The second-order valence-electron chi connectivity index (χ2n) is 7.02. The molecule has 1 fully saturated rings. The summed E-state index contributed by atoms with van der Waals surface area (Å²) >= 11 is 0. The maximum atomic E-state index is 12.6. The van der Waals surface area contributed by atoms with Gasteiger partial charge in [0.15, 0.2) is 0 Å². The molecule has 0 spiro atoms. The fourth-order valence-corrected chi connectivity index (χ4v) is 3.57. The Hall–Kier alpha value is -3.02. The van der Waals surface area contributed by atoms with Gasteiger partial charge in [0, 0.05) is 18.7 Å². The molecule has 6 heteroatoms. The molecule has 3 aromatic rings. The molecule has 2 heterocycles. The number of hydrogen-bond acceptors (Lipinski definition) is 4.